The Labute approximate surface area is 174 Å². The summed E-state index contributed by atoms with van der Waals surface area (Å²) in [4.78, 5) is 27.5. The molecule has 0 fully saturated rings. The van der Waals surface area contributed by atoms with Crippen molar-refractivity contribution < 1.29 is 24.5 Å². The minimum Gasteiger partial charge on any atom is -0.506 e. The topological polar surface area (TPSA) is 87.1 Å². The third-order valence-electron chi connectivity index (χ3n) is 4.75. The van der Waals surface area contributed by atoms with Crippen LogP contribution in [0.5, 0.6) is 11.5 Å². The first-order chi connectivity index (χ1) is 13.6. The number of aliphatic hydroxyl groups excluding tert-OH is 1. The van der Waals surface area contributed by atoms with Gasteiger partial charge in [0.15, 0.2) is 11.5 Å². The Bertz CT molecular complexity index is 1020. The number of carbonyl (C=O) groups excluding carboxylic acids is 2. The van der Waals surface area contributed by atoms with Gasteiger partial charge in [0.05, 0.1) is 23.7 Å². The van der Waals surface area contributed by atoms with Gasteiger partial charge in [-0.1, -0.05) is 44.5 Å². The number of hydrogen-bond donors (Lipinski definition) is 2. The Morgan fingerprint density at radius 3 is 2.41 bits per heavy atom. The highest BCUT2D eigenvalue weighted by atomic mass is 35.5. The van der Waals surface area contributed by atoms with Crippen LogP contribution in [0.1, 0.15) is 32.4 Å². The first-order valence-corrected chi connectivity index (χ1v) is 9.38. The van der Waals surface area contributed by atoms with Crippen molar-refractivity contribution in [1.29, 1.82) is 0 Å². The summed E-state index contributed by atoms with van der Waals surface area (Å²) in [5, 5.41) is 20.5. The van der Waals surface area contributed by atoms with Crippen LogP contribution in [0.4, 0.5) is 5.69 Å². The number of nitrogens with zero attached hydrogens (tertiary/aromatic N) is 1. The van der Waals surface area contributed by atoms with Gasteiger partial charge in [-0.15, -0.1) is 0 Å². The van der Waals surface area contributed by atoms with E-state index in [1.54, 1.807) is 51.1 Å². The summed E-state index contributed by atoms with van der Waals surface area (Å²) in [7, 11) is 1.51. The van der Waals surface area contributed by atoms with Gasteiger partial charge in [-0.25, -0.2) is 0 Å². The van der Waals surface area contributed by atoms with E-state index in [2.05, 4.69) is 0 Å². The van der Waals surface area contributed by atoms with E-state index in [1.807, 2.05) is 0 Å². The van der Waals surface area contributed by atoms with Gasteiger partial charge in [-0.2, -0.15) is 0 Å². The largest absolute Gasteiger partial charge is 0.506 e. The number of amides is 1. The molecule has 0 radical (unpaired) electrons. The summed E-state index contributed by atoms with van der Waals surface area (Å²) in [6.45, 7) is 5.15. The molecular formula is C22H22ClNO5. The maximum absolute atomic E-state index is 13.2. The molecule has 1 aliphatic heterocycles. The molecule has 7 heteroatoms. The van der Waals surface area contributed by atoms with Crippen molar-refractivity contribution in [2.75, 3.05) is 12.0 Å². The fraction of sp³-hybridized carbons (Fsp3) is 0.273. The molecule has 1 amide bonds. The highest BCUT2D eigenvalue weighted by Crippen LogP contribution is 2.45. The van der Waals surface area contributed by atoms with Crippen molar-refractivity contribution in [3.8, 4) is 11.5 Å². The Balaban J connectivity index is 2.23. The molecule has 0 aliphatic carbocycles. The number of phenolic OH excluding ortho intramolecular Hbond substituents is 1. The highest BCUT2D eigenvalue weighted by Gasteiger charge is 2.46. The van der Waals surface area contributed by atoms with Gasteiger partial charge >= 0.3 is 0 Å². The van der Waals surface area contributed by atoms with Crippen LogP contribution in [0, 0.1) is 5.41 Å². The maximum atomic E-state index is 13.2. The number of methoxy groups -OCH3 is 1. The van der Waals surface area contributed by atoms with E-state index < -0.39 is 23.1 Å². The van der Waals surface area contributed by atoms with Crippen LogP contribution in [-0.4, -0.2) is 29.0 Å². The number of rotatable bonds is 4. The van der Waals surface area contributed by atoms with Crippen molar-refractivity contribution in [2.24, 2.45) is 5.41 Å². The Kier molecular flexibility index (Phi) is 5.32. The second-order valence-electron chi connectivity index (χ2n) is 7.83. The van der Waals surface area contributed by atoms with Gasteiger partial charge in [0.2, 0.25) is 0 Å². The van der Waals surface area contributed by atoms with Gasteiger partial charge in [0.25, 0.3) is 5.91 Å². The quantitative estimate of drug-likeness (QED) is 0.763. The van der Waals surface area contributed by atoms with Gasteiger partial charge in [0, 0.05) is 17.2 Å². The van der Waals surface area contributed by atoms with Crippen molar-refractivity contribution in [1.82, 2.24) is 0 Å². The number of ether oxygens (including phenoxy) is 1. The van der Waals surface area contributed by atoms with E-state index >= 15 is 0 Å². The minimum atomic E-state index is -0.903. The molecule has 0 saturated heterocycles. The molecule has 1 aliphatic rings. The smallest absolute Gasteiger partial charge is 0.294 e. The molecule has 3 rings (SSSR count). The second kappa shape index (κ2) is 7.44. The molecule has 2 aromatic rings. The number of anilines is 1. The Hall–Kier alpha value is -2.99. The van der Waals surface area contributed by atoms with Crippen molar-refractivity contribution >= 4 is 29.0 Å². The lowest BCUT2D eigenvalue weighted by Gasteiger charge is -2.29. The predicted octanol–water partition coefficient (Wildman–Crippen LogP) is 4.57. The molecule has 0 saturated carbocycles. The molecule has 0 spiro atoms. The lowest BCUT2D eigenvalue weighted by molar-refractivity contribution is -0.123. The number of Topliss-reactive ketones (excluding diaryl/α,β-unsaturated/α-hetero) is 1. The third kappa shape index (κ3) is 3.68. The summed E-state index contributed by atoms with van der Waals surface area (Å²) < 4.78 is 5.25. The lowest BCUT2D eigenvalue weighted by Crippen LogP contribution is -2.32. The molecule has 1 atom stereocenters. The number of benzene rings is 2. The molecule has 29 heavy (non-hydrogen) atoms. The van der Waals surface area contributed by atoms with Crippen molar-refractivity contribution in [2.45, 2.75) is 26.8 Å². The van der Waals surface area contributed by atoms with Gasteiger partial charge in [-0.05, 0) is 29.8 Å². The summed E-state index contributed by atoms with van der Waals surface area (Å²) in [6, 6.07) is 10.3. The zero-order chi connectivity index (χ0) is 21.5. The molecular weight excluding hydrogens is 394 g/mol. The highest BCUT2D eigenvalue weighted by molar-refractivity contribution is 6.32. The van der Waals surface area contributed by atoms with Crippen LogP contribution < -0.4 is 9.64 Å². The number of ketones is 1. The summed E-state index contributed by atoms with van der Waals surface area (Å²) in [5.41, 5.74) is 0.104. The minimum absolute atomic E-state index is 0.00734. The number of aliphatic hydroxyl groups is 1. The summed E-state index contributed by atoms with van der Waals surface area (Å²) >= 11 is 6.09. The van der Waals surface area contributed by atoms with Crippen LogP contribution in [0.2, 0.25) is 5.02 Å². The molecule has 2 aromatic carbocycles. The lowest BCUT2D eigenvalue weighted by atomic mass is 9.82. The van der Waals surface area contributed by atoms with Crippen LogP contribution in [0.25, 0.3) is 0 Å². The standard InChI is InChI=1S/C22H22ClNO5/c1-22(2,3)20(27)17-18(12-8-9-16(25)15(23)10-12)24(21(28)19(17)26)13-6-5-7-14(11-13)29-4/h5-11,18,25-26H,1-4H3. The average Bonchev–Trinajstić information content (AvgIpc) is 2.93. The van der Waals surface area contributed by atoms with Gasteiger partial charge < -0.3 is 14.9 Å². The Morgan fingerprint density at radius 1 is 1.14 bits per heavy atom. The van der Waals surface area contributed by atoms with E-state index in [0.717, 1.165) is 0 Å². The van der Waals surface area contributed by atoms with Crippen LogP contribution in [0.15, 0.2) is 53.8 Å². The molecule has 1 heterocycles. The van der Waals surface area contributed by atoms with E-state index in [0.29, 0.717) is 17.0 Å². The van der Waals surface area contributed by atoms with Crippen molar-refractivity contribution in [3.63, 3.8) is 0 Å². The monoisotopic (exact) mass is 415 g/mol. The number of carbonyl (C=O) groups is 2. The van der Waals surface area contributed by atoms with Crippen LogP contribution in [0.3, 0.4) is 0 Å². The fourth-order valence-electron chi connectivity index (χ4n) is 3.28. The van der Waals surface area contributed by atoms with E-state index in [9.17, 15) is 19.8 Å². The van der Waals surface area contributed by atoms with E-state index in [4.69, 9.17) is 16.3 Å². The van der Waals surface area contributed by atoms with Gasteiger partial charge in [-0.3, -0.25) is 14.5 Å². The fourth-order valence-corrected chi connectivity index (χ4v) is 3.47. The zero-order valence-corrected chi connectivity index (χ0v) is 17.3. The predicted molar refractivity (Wildman–Crippen MR) is 110 cm³/mol. The molecule has 2 N–H and O–H groups in total. The summed E-state index contributed by atoms with van der Waals surface area (Å²) in [6.07, 6.45) is 0. The van der Waals surface area contributed by atoms with Crippen molar-refractivity contribution in [3.05, 3.63) is 64.4 Å². The number of halogens is 1. The number of aromatic hydroxyl groups is 1. The first kappa shape index (κ1) is 20.7. The second-order valence-corrected chi connectivity index (χ2v) is 8.24. The number of phenols is 1. The maximum Gasteiger partial charge on any atom is 0.294 e. The van der Waals surface area contributed by atoms with E-state index in [1.165, 1.54) is 24.1 Å². The molecule has 1 unspecified atom stereocenters. The van der Waals surface area contributed by atoms with Crippen LogP contribution in [-0.2, 0) is 9.59 Å². The van der Waals surface area contributed by atoms with Crippen LogP contribution >= 0.6 is 11.6 Å². The molecule has 0 aromatic heterocycles. The molecule has 0 bridgehead atoms. The first-order valence-electron chi connectivity index (χ1n) is 9.00. The average molecular weight is 416 g/mol. The molecule has 152 valence electrons. The third-order valence-corrected chi connectivity index (χ3v) is 5.06. The SMILES string of the molecule is COc1cccc(N2C(=O)C(O)=C(C(=O)C(C)(C)C)C2c2ccc(O)c(Cl)c2)c1. The Morgan fingerprint density at radius 2 is 1.83 bits per heavy atom. The normalized spacial score (nSPS) is 17.1. The molecule has 6 nitrogen and oxygen atoms in total. The summed E-state index contributed by atoms with van der Waals surface area (Å²) in [5.74, 6) is -1.25. The van der Waals surface area contributed by atoms with Gasteiger partial charge in [0.1, 0.15) is 11.5 Å². The van der Waals surface area contributed by atoms with E-state index in [-0.39, 0.29) is 22.1 Å². The zero-order valence-electron chi connectivity index (χ0n) is 16.6. The number of hydrogen-bond acceptors (Lipinski definition) is 5.